The molecule has 0 aromatic heterocycles. The van der Waals surface area contributed by atoms with Gasteiger partial charge in [-0.25, -0.2) is 0 Å². The van der Waals surface area contributed by atoms with Gasteiger partial charge >= 0.3 is 6.36 Å². The molecule has 18 heavy (non-hydrogen) atoms. The maximum atomic E-state index is 11.8. The third kappa shape index (κ3) is 5.39. The number of halogens is 4. The van der Waals surface area contributed by atoms with Gasteiger partial charge in [-0.2, -0.15) is 0 Å². The molecule has 0 aliphatic rings. The van der Waals surface area contributed by atoms with Crippen molar-refractivity contribution in [1.29, 1.82) is 5.41 Å². The van der Waals surface area contributed by atoms with E-state index in [1.165, 1.54) is 0 Å². The predicted octanol–water partition coefficient (Wildman–Crippen LogP) is 1.63. The average molecular weight is 284 g/mol. The largest absolute Gasteiger partial charge is 0.573 e. The van der Waals surface area contributed by atoms with Gasteiger partial charge in [-0.3, -0.25) is 15.5 Å². The maximum Gasteiger partial charge on any atom is 0.573 e. The van der Waals surface area contributed by atoms with Crippen molar-refractivity contribution in [2.45, 2.75) is 6.36 Å². The summed E-state index contributed by atoms with van der Waals surface area (Å²) in [5.74, 6) is -1.67. The van der Waals surface area contributed by atoms with Crippen molar-refractivity contribution in [3.8, 4) is 5.75 Å². The standard InChI is InChI=1S/C9H8F3N3O2.ClH/c10-9(11,12)17-6-3-1-5(2-4-6)7(16)15-8(13)14;/h1-4H,(H4,13,14,15,16);1H. The second-order valence-electron chi connectivity index (χ2n) is 2.94. The fraction of sp³-hybridized carbons (Fsp3) is 0.111. The van der Waals surface area contributed by atoms with Gasteiger partial charge in [0.2, 0.25) is 0 Å². The quantitative estimate of drug-likeness (QED) is 0.569. The summed E-state index contributed by atoms with van der Waals surface area (Å²) in [6.07, 6.45) is -4.77. The zero-order valence-corrected chi connectivity index (χ0v) is 9.56. The van der Waals surface area contributed by atoms with E-state index < -0.39 is 24.0 Å². The van der Waals surface area contributed by atoms with E-state index >= 15 is 0 Å². The van der Waals surface area contributed by atoms with E-state index in [9.17, 15) is 18.0 Å². The van der Waals surface area contributed by atoms with Gasteiger partial charge in [0.05, 0.1) is 0 Å². The minimum Gasteiger partial charge on any atom is -0.406 e. The number of alkyl halides is 3. The summed E-state index contributed by atoms with van der Waals surface area (Å²) in [7, 11) is 0. The molecular formula is C9H9ClF3N3O2. The van der Waals surface area contributed by atoms with Crippen molar-refractivity contribution >= 4 is 24.3 Å². The highest BCUT2D eigenvalue weighted by atomic mass is 35.5. The molecule has 0 fully saturated rings. The second kappa shape index (κ2) is 6.10. The highest BCUT2D eigenvalue weighted by molar-refractivity contribution is 6.04. The molecule has 0 bridgehead atoms. The molecule has 1 amide bonds. The van der Waals surface area contributed by atoms with Crippen LogP contribution < -0.4 is 15.8 Å². The molecule has 0 unspecified atom stereocenters. The number of guanidine groups is 1. The van der Waals surface area contributed by atoms with Crippen LogP contribution in [-0.4, -0.2) is 18.2 Å². The lowest BCUT2D eigenvalue weighted by Crippen LogP contribution is -2.35. The number of benzene rings is 1. The molecule has 0 radical (unpaired) electrons. The van der Waals surface area contributed by atoms with Crippen molar-refractivity contribution in [2.75, 3.05) is 0 Å². The molecule has 0 spiro atoms. The fourth-order valence-corrected chi connectivity index (χ4v) is 1.00. The van der Waals surface area contributed by atoms with Gasteiger partial charge in [0.15, 0.2) is 5.96 Å². The van der Waals surface area contributed by atoms with Crippen LogP contribution in [0.4, 0.5) is 13.2 Å². The molecule has 0 heterocycles. The van der Waals surface area contributed by atoms with Crippen molar-refractivity contribution in [2.24, 2.45) is 5.73 Å². The fourth-order valence-electron chi connectivity index (χ4n) is 1.00. The first kappa shape index (κ1) is 16.0. The van der Waals surface area contributed by atoms with Crippen LogP contribution in [0, 0.1) is 5.41 Å². The molecule has 0 saturated carbocycles. The maximum absolute atomic E-state index is 11.8. The molecule has 100 valence electrons. The van der Waals surface area contributed by atoms with Crippen LogP contribution in [-0.2, 0) is 0 Å². The normalized spacial score (nSPS) is 10.2. The highest BCUT2D eigenvalue weighted by Gasteiger charge is 2.31. The Morgan fingerprint density at radius 2 is 1.78 bits per heavy atom. The Hall–Kier alpha value is -1.96. The number of carbonyl (C=O) groups is 1. The number of hydrogen-bond donors (Lipinski definition) is 3. The number of amides is 1. The van der Waals surface area contributed by atoms with Gasteiger partial charge < -0.3 is 10.5 Å². The van der Waals surface area contributed by atoms with E-state index in [4.69, 9.17) is 11.1 Å². The van der Waals surface area contributed by atoms with E-state index in [2.05, 4.69) is 4.74 Å². The van der Waals surface area contributed by atoms with Crippen LogP contribution in [0.2, 0.25) is 0 Å². The first-order chi connectivity index (χ1) is 7.78. The Kier molecular flexibility index (Phi) is 5.44. The molecule has 1 aromatic carbocycles. The number of nitrogens with two attached hydrogens (primary N) is 1. The Morgan fingerprint density at radius 1 is 1.28 bits per heavy atom. The highest BCUT2D eigenvalue weighted by Crippen LogP contribution is 2.22. The summed E-state index contributed by atoms with van der Waals surface area (Å²) in [5.41, 5.74) is 4.99. The van der Waals surface area contributed by atoms with Crippen LogP contribution in [0.3, 0.4) is 0 Å². The molecule has 5 nitrogen and oxygen atoms in total. The number of hydrogen-bond acceptors (Lipinski definition) is 3. The third-order valence-corrected chi connectivity index (χ3v) is 1.60. The van der Waals surface area contributed by atoms with E-state index in [-0.39, 0.29) is 18.0 Å². The van der Waals surface area contributed by atoms with Gasteiger partial charge in [0, 0.05) is 5.56 Å². The van der Waals surface area contributed by atoms with E-state index in [1.54, 1.807) is 0 Å². The number of rotatable bonds is 2. The van der Waals surface area contributed by atoms with E-state index in [0.29, 0.717) is 0 Å². The Bertz CT molecular complexity index is 434. The smallest absolute Gasteiger partial charge is 0.406 e. The van der Waals surface area contributed by atoms with Gasteiger partial charge in [-0.1, -0.05) is 0 Å². The third-order valence-electron chi connectivity index (χ3n) is 1.60. The molecule has 0 atom stereocenters. The van der Waals surface area contributed by atoms with Gasteiger partial charge in [-0.15, -0.1) is 25.6 Å². The van der Waals surface area contributed by atoms with Crippen LogP contribution in [0.5, 0.6) is 5.75 Å². The molecule has 1 aromatic rings. The molecule has 9 heteroatoms. The number of ether oxygens (including phenoxy) is 1. The first-order valence-corrected chi connectivity index (χ1v) is 4.29. The lowest BCUT2D eigenvalue weighted by Gasteiger charge is -2.09. The summed E-state index contributed by atoms with van der Waals surface area (Å²) < 4.78 is 39.1. The molecule has 0 aliphatic heterocycles. The summed E-state index contributed by atoms with van der Waals surface area (Å²) in [6.45, 7) is 0. The molecule has 0 saturated heterocycles. The molecule has 4 N–H and O–H groups in total. The summed E-state index contributed by atoms with van der Waals surface area (Å²) in [4.78, 5) is 11.3. The molecule has 1 rings (SSSR count). The minimum absolute atomic E-state index is 0. The van der Waals surface area contributed by atoms with Gasteiger partial charge in [0.25, 0.3) is 5.91 Å². The summed E-state index contributed by atoms with van der Waals surface area (Å²) in [5, 5.41) is 8.79. The van der Waals surface area contributed by atoms with Crippen molar-refractivity contribution < 1.29 is 22.7 Å². The molecular weight excluding hydrogens is 275 g/mol. The van der Waals surface area contributed by atoms with Crippen LogP contribution in [0.1, 0.15) is 10.4 Å². The predicted molar refractivity (Wildman–Crippen MR) is 59.8 cm³/mol. The minimum atomic E-state index is -4.77. The van der Waals surface area contributed by atoms with Crippen molar-refractivity contribution in [3.05, 3.63) is 29.8 Å². The van der Waals surface area contributed by atoms with E-state index in [1.807, 2.05) is 5.32 Å². The average Bonchev–Trinajstić information content (AvgIpc) is 2.15. The van der Waals surface area contributed by atoms with Crippen LogP contribution in [0.15, 0.2) is 24.3 Å². The van der Waals surface area contributed by atoms with Crippen molar-refractivity contribution in [3.63, 3.8) is 0 Å². The van der Waals surface area contributed by atoms with E-state index in [0.717, 1.165) is 24.3 Å². The van der Waals surface area contributed by atoms with Crippen LogP contribution in [0.25, 0.3) is 0 Å². The Labute approximate surface area is 106 Å². The zero-order valence-electron chi connectivity index (χ0n) is 8.75. The number of carbonyl (C=O) groups excluding carboxylic acids is 1. The van der Waals surface area contributed by atoms with Crippen LogP contribution >= 0.6 is 12.4 Å². The Morgan fingerprint density at radius 3 is 2.17 bits per heavy atom. The summed E-state index contributed by atoms with van der Waals surface area (Å²) in [6, 6.07) is 4.23. The SMILES string of the molecule is Cl.N=C(N)NC(=O)c1ccc(OC(F)(F)F)cc1. The Balaban J connectivity index is 0.00000289. The monoisotopic (exact) mass is 283 g/mol. The second-order valence-corrected chi connectivity index (χ2v) is 2.94. The number of nitrogens with one attached hydrogen (secondary N) is 2. The summed E-state index contributed by atoms with van der Waals surface area (Å²) >= 11 is 0. The lowest BCUT2D eigenvalue weighted by molar-refractivity contribution is -0.274. The first-order valence-electron chi connectivity index (χ1n) is 4.29. The zero-order chi connectivity index (χ0) is 13.1. The van der Waals surface area contributed by atoms with Gasteiger partial charge in [-0.05, 0) is 24.3 Å². The topological polar surface area (TPSA) is 88.2 Å². The lowest BCUT2D eigenvalue weighted by atomic mass is 10.2. The van der Waals surface area contributed by atoms with Gasteiger partial charge in [0.1, 0.15) is 5.75 Å². The van der Waals surface area contributed by atoms with Crippen molar-refractivity contribution in [1.82, 2.24) is 5.32 Å². The molecule has 0 aliphatic carbocycles.